The van der Waals surface area contributed by atoms with Gasteiger partial charge in [0.15, 0.2) is 5.03 Å². The molecule has 2 fully saturated rings. The molecule has 2 aromatic carbocycles. The number of halogens is 2. The lowest BCUT2D eigenvalue weighted by atomic mass is 9.91. The molecule has 5 heterocycles. The number of aromatic nitrogens is 4. The average Bonchev–Trinajstić information content (AvgIpc) is 3.77. The Bertz CT molecular complexity index is 2010. The van der Waals surface area contributed by atoms with Crippen LogP contribution in [0.25, 0.3) is 11.1 Å². The third kappa shape index (κ3) is 5.62. The number of anilines is 2. The highest BCUT2D eigenvalue weighted by molar-refractivity contribution is 7.89. The molecule has 248 valence electrons. The van der Waals surface area contributed by atoms with Gasteiger partial charge in [0.2, 0.25) is 17.8 Å². The van der Waals surface area contributed by atoms with Crippen LogP contribution in [-0.2, 0) is 36.4 Å². The van der Waals surface area contributed by atoms with Gasteiger partial charge in [-0.15, -0.1) is 0 Å². The molecule has 1 N–H and O–H groups in total. The van der Waals surface area contributed by atoms with E-state index in [1.54, 1.807) is 42.4 Å². The molecule has 16 heteroatoms. The Kier molecular flexibility index (Phi) is 8.22. The minimum atomic E-state index is -4.19. The SMILES string of the molecule is CC1(Cc2ccc(-c3cncnc3)cc2)C(=O)N(c2cc(Cl)cc(Cl)c2)c2ncc(S(=O)(=O)N3CCN(C(=O)C4CCC(=O)N4)CC3)n21. The number of rotatable bonds is 7. The van der Waals surface area contributed by atoms with Gasteiger partial charge in [0.05, 0.1) is 11.9 Å². The summed E-state index contributed by atoms with van der Waals surface area (Å²) in [5.41, 5.74) is 1.43. The van der Waals surface area contributed by atoms with Crippen LogP contribution in [0, 0.1) is 0 Å². The molecular weight excluding hydrogens is 679 g/mol. The van der Waals surface area contributed by atoms with E-state index < -0.39 is 27.5 Å². The molecule has 4 aromatic rings. The second-order valence-corrected chi connectivity index (χ2v) is 14.9. The van der Waals surface area contributed by atoms with Crippen LogP contribution in [0.5, 0.6) is 0 Å². The van der Waals surface area contributed by atoms with Crippen LogP contribution in [0.15, 0.2) is 72.4 Å². The number of hydrogen-bond acceptors (Lipinski definition) is 8. The van der Waals surface area contributed by atoms with Crippen molar-refractivity contribution in [1.29, 1.82) is 0 Å². The number of carbonyl (C=O) groups excluding carboxylic acids is 3. The van der Waals surface area contributed by atoms with Crippen molar-refractivity contribution in [3.05, 3.63) is 83.0 Å². The van der Waals surface area contributed by atoms with E-state index >= 15 is 0 Å². The van der Waals surface area contributed by atoms with E-state index in [9.17, 15) is 22.8 Å². The Morgan fingerprint density at radius 1 is 0.958 bits per heavy atom. The number of hydrogen-bond donors (Lipinski definition) is 1. The van der Waals surface area contributed by atoms with Crippen molar-refractivity contribution in [1.82, 2.24) is 34.0 Å². The molecule has 0 radical (unpaired) electrons. The summed E-state index contributed by atoms with van der Waals surface area (Å²) in [4.78, 5) is 54.6. The Morgan fingerprint density at radius 3 is 2.25 bits per heavy atom. The van der Waals surface area contributed by atoms with Gasteiger partial charge in [0, 0.05) is 67.0 Å². The van der Waals surface area contributed by atoms with Crippen LogP contribution in [0.3, 0.4) is 0 Å². The molecule has 3 aliphatic heterocycles. The van der Waals surface area contributed by atoms with Crippen molar-refractivity contribution in [3.63, 3.8) is 0 Å². The van der Waals surface area contributed by atoms with E-state index in [0.717, 1.165) is 16.7 Å². The zero-order valence-electron chi connectivity index (χ0n) is 25.7. The standard InChI is InChI=1S/C32H30Cl2N8O5S/c1-32(15-20-2-4-21(5-3-20)22-16-35-19-36-17-22)30(45)41(25-13-23(33)12-24(34)14-25)31-37-18-28(42(31)32)48(46,47)40-10-8-39(9-11-40)29(44)26-6-7-27(43)38-26/h2-5,12-14,16-19,26H,6-11,15H2,1H3,(H,38,43). The highest BCUT2D eigenvalue weighted by Crippen LogP contribution is 2.45. The number of carbonyl (C=O) groups is 3. The second-order valence-electron chi connectivity index (χ2n) is 12.2. The van der Waals surface area contributed by atoms with Crippen LogP contribution in [-0.4, -0.2) is 87.1 Å². The average molecular weight is 710 g/mol. The molecule has 3 amide bonds. The van der Waals surface area contributed by atoms with E-state index in [-0.39, 0.29) is 55.4 Å². The lowest BCUT2D eigenvalue weighted by Gasteiger charge is -2.35. The largest absolute Gasteiger partial charge is 0.344 e. The maximum absolute atomic E-state index is 14.5. The summed E-state index contributed by atoms with van der Waals surface area (Å²) < 4.78 is 31.4. The van der Waals surface area contributed by atoms with Crippen molar-refractivity contribution in [2.75, 3.05) is 31.1 Å². The topological polar surface area (TPSA) is 151 Å². The van der Waals surface area contributed by atoms with Crippen molar-refractivity contribution in [3.8, 4) is 11.1 Å². The van der Waals surface area contributed by atoms with Gasteiger partial charge in [-0.1, -0.05) is 47.5 Å². The van der Waals surface area contributed by atoms with Gasteiger partial charge >= 0.3 is 0 Å². The minimum absolute atomic E-state index is 0.0399. The van der Waals surface area contributed by atoms with Crippen molar-refractivity contribution >= 4 is 62.6 Å². The monoisotopic (exact) mass is 708 g/mol. The van der Waals surface area contributed by atoms with Crippen molar-refractivity contribution in [2.45, 2.75) is 42.8 Å². The van der Waals surface area contributed by atoms with Crippen LogP contribution < -0.4 is 10.2 Å². The normalized spacial score (nSPS) is 21.4. The molecule has 2 atom stereocenters. The maximum atomic E-state index is 14.5. The fourth-order valence-corrected chi connectivity index (χ4v) is 8.70. The maximum Gasteiger partial charge on any atom is 0.260 e. The summed E-state index contributed by atoms with van der Waals surface area (Å²) in [6.45, 7) is 2.09. The molecule has 0 bridgehead atoms. The lowest BCUT2D eigenvalue weighted by molar-refractivity contribution is -0.135. The van der Waals surface area contributed by atoms with Crippen LogP contribution >= 0.6 is 23.2 Å². The molecule has 2 aromatic heterocycles. The Morgan fingerprint density at radius 2 is 1.62 bits per heavy atom. The van der Waals surface area contributed by atoms with E-state index in [1.807, 2.05) is 24.3 Å². The molecule has 3 aliphatic rings. The quantitative estimate of drug-likeness (QED) is 0.307. The molecule has 0 aliphatic carbocycles. The number of piperazine rings is 1. The van der Waals surface area contributed by atoms with Gasteiger partial charge in [-0.3, -0.25) is 19.0 Å². The van der Waals surface area contributed by atoms with Gasteiger partial charge in [0.1, 0.15) is 17.9 Å². The summed E-state index contributed by atoms with van der Waals surface area (Å²) in [5, 5.41) is 3.13. The number of sulfonamides is 1. The van der Waals surface area contributed by atoms with Crippen molar-refractivity contribution < 1.29 is 22.8 Å². The molecular formula is C32H30Cl2N8O5S. The third-order valence-electron chi connectivity index (χ3n) is 9.02. The van der Waals surface area contributed by atoms with Crippen LogP contribution in [0.1, 0.15) is 25.3 Å². The number of fused-ring (bicyclic) bond motifs is 1. The predicted octanol–water partition coefficient (Wildman–Crippen LogP) is 3.39. The van der Waals surface area contributed by atoms with Crippen molar-refractivity contribution in [2.24, 2.45) is 0 Å². The molecule has 0 saturated carbocycles. The number of nitrogens with one attached hydrogen (secondary N) is 1. The Hall–Kier alpha value is -4.37. The Balaban J connectivity index is 1.22. The first kappa shape index (κ1) is 32.2. The molecule has 2 saturated heterocycles. The number of benzene rings is 2. The van der Waals surface area contributed by atoms with E-state index in [4.69, 9.17) is 23.2 Å². The van der Waals surface area contributed by atoms with Gasteiger partial charge in [-0.25, -0.2) is 28.3 Å². The predicted molar refractivity (Wildman–Crippen MR) is 177 cm³/mol. The highest BCUT2D eigenvalue weighted by Gasteiger charge is 2.52. The fourth-order valence-electron chi connectivity index (χ4n) is 6.58. The highest BCUT2D eigenvalue weighted by atomic mass is 35.5. The van der Waals surface area contributed by atoms with E-state index in [1.165, 1.54) is 26.3 Å². The van der Waals surface area contributed by atoms with Gasteiger partial charge < -0.3 is 10.2 Å². The lowest BCUT2D eigenvalue weighted by Crippen LogP contribution is -2.54. The Labute approximate surface area is 286 Å². The van der Waals surface area contributed by atoms with Gasteiger partial charge in [-0.05, 0) is 42.7 Å². The summed E-state index contributed by atoms with van der Waals surface area (Å²) in [7, 11) is -4.19. The third-order valence-corrected chi connectivity index (χ3v) is 11.3. The first-order chi connectivity index (χ1) is 23.0. The zero-order chi connectivity index (χ0) is 33.8. The molecule has 13 nitrogen and oxygen atoms in total. The smallest absolute Gasteiger partial charge is 0.260 e. The van der Waals surface area contributed by atoms with Crippen LogP contribution in [0.2, 0.25) is 10.0 Å². The molecule has 2 unspecified atom stereocenters. The first-order valence-electron chi connectivity index (χ1n) is 15.3. The summed E-state index contributed by atoms with van der Waals surface area (Å²) in [6.07, 6.45) is 6.97. The van der Waals surface area contributed by atoms with Gasteiger partial charge in [0.25, 0.3) is 15.9 Å². The second kappa shape index (κ2) is 12.3. The number of imidazole rings is 1. The number of nitrogens with zero attached hydrogens (tertiary/aromatic N) is 7. The summed E-state index contributed by atoms with van der Waals surface area (Å²) in [5.74, 6) is -0.682. The molecule has 7 rings (SSSR count). The molecule has 0 spiro atoms. The van der Waals surface area contributed by atoms with E-state index in [0.29, 0.717) is 28.6 Å². The fraction of sp³-hybridized carbons (Fsp3) is 0.312. The van der Waals surface area contributed by atoms with Gasteiger partial charge in [-0.2, -0.15) is 4.31 Å². The number of amides is 3. The molecule has 48 heavy (non-hydrogen) atoms. The minimum Gasteiger partial charge on any atom is -0.344 e. The van der Waals surface area contributed by atoms with Crippen LogP contribution in [0.4, 0.5) is 11.6 Å². The summed E-state index contributed by atoms with van der Waals surface area (Å²) in [6, 6.07) is 11.7. The first-order valence-corrected chi connectivity index (χ1v) is 17.5. The van der Waals surface area contributed by atoms with E-state index in [2.05, 4.69) is 20.3 Å². The zero-order valence-corrected chi connectivity index (χ0v) is 28.0. The summed E-state index contributed by atoms with van der Waals surface area (Å²) >= 11 is 12.6.